The minimum Gasteiger partial charge on any atom is -0.394 e. The Kier molecular flexibility index (Phi) is 16.0. The predicted octanol–water partition coefficient (Wildman–Crippen LogP) is -1.41. The SMILES string of the molecule is OCCO.[Ge]. The van der Waals surface area contributed by atoms with Crippen LogP contribution in [0.4, 0.5) is 0 Å². The molecular formula is C2H6GeO2. The first-order chi connectivity index (χ1) is 1.91. The minimum absolute atomic E-state index is 0. The molecule has 0 aromatic carbocycles. The first kappa shape index (κ1) is 9.07. The molecule has 0 aliphatic rings. The number of hydrogen-bond donors (Lipinski definition) is 2. The van der Waals surface area contributed by atoms with Crippen molar-refractivity contribution < 1.29 is 10.2 Å². The zero-order chi connectivity index (χ0) is 3.41. The van der Waals surface area contributed by atoms with Crippen molar-refractivity contribution in [1.82, 2.24) is 0 Å². The van der Waals surface area contributed by atoms with Gasteiger partial charge >= 0.3 is 0 Å². The molecule has 3 heteroatoms. The van der Waals surface area contributed by atoms with E-state index in [1.165, 1.54) is 0 Å². The van der Waals surface area contributed by atoms with Crippen molar-refractivity contribution in [3.63, 3.8) is 0 Å². The van der Waals surface area contributed by atoms with Gasteiger partial charge in [0.2, 0.25) is 0 Å². The van der Waals surface area contributed by atoms with Crippen molar-refractivity contribution in [2.24, 2.45) is 0 Å². The van der Waals surface area contributed by atoms with Crippen molar-refractivity contribution >= 4 is 17.6 Å². The topological polar surface area (TPSA) is 40.5 Å². The van der Waals surface area contributed by atoms with E-state index in [-0.39, 0.29) is 30.8 Å². The summed E-state index contributed by atoms with van der Waals surface area (Å²) >= 11 is 0. The summed E-state index contributed by atoms with van der Waals surface area (Å²) in [5, 5.41) is 15.2. The van der Waals surface area contributed by atoms with Crippen LogP contribution < -0.4 is 0 Å². The van der Waals surface area contributed by atoms with Crippen molar-refractivity contribution in [1.29, 1.82) is 0 Å². The molecule has 2 nitrogen and oxygen atoms in total. The largest absolute Gasteiger partial charge is 0.394 e. The summed E-state index contributed by atoms with van der Waals surface area (Å²) in [6, 6.07) is 0. The molecule has 0 saturated carbocycles. The van der Waals surface area contributed by atoms with Gasteiger partial charge in [0.25, 0.3) is 0 Å². The van der Waals surface area contributed by atoms with Crippen molar-refractivity contribution in [2.45, 2.75) is 0 Å². The van der Waals surface area contributed by atoms with Crippen molar-refractivity contribution in [3.8, 4) is 0 Å². The average Bonchev–Trinajstić information content (AvgIpc) is 1.37. The molecule has 0 atom stereocenters. The van der Waals surface area contributed by atoms with Crippen LogP contribution >= 0.6 is 0 Å². The first-order valence-electron chi connectivity index (χ1n) is 1.13. The fourth-order valence-corrected chi connectivity index (χ4v) is 0. The van der Waals surface area contributed by atoms with E-state index in [0.29, 0.717) is 0 Å². The van der Waals surface area contributed by atoms with Gasteiger partial charge in [0.05, 0.1) is 13.2 Å². The van der Waals surface area contributed by atoms with E-state index in [2.05, 4.69) is 0 Å². The summed E-state index contributed by atoms with van der Waals surface area (Å²) in [6.07, 6.45) is 0. The molecule has 0 unspecified atom stereocenters. The van der Waals surface area contributed by atoms with E-state index < -0.39 is 0 Å². The van der Waals surface area contributed by atoms with Gasteiger partial charge in [-0.2, -0.15) is 0 Å². The number of rotatable bonds is 1. The maximum absolute atomic E-state index is 7.62. The van der Waals surface area contributed by atoms with Crippen LogP contribution in [0.1, 0.15) is 0 Å². The Hall–Kier alpha value is 0.463. The summed E-state index contributed by atoms with van der Waals surface area (Å²) in [7, 11) is 0. The van der Waals surface area contributed by atoms with Crippen LogP contribution in [0, 0.1) is 0 Å². The normalized spacial score (nSPS) is 6.00. The van der Waals surface area contributed by atoms with Crippen LogP contribution in [0.2, 0.25) is 0 Å². The summed E-state index contributed by atoms with van der Waals surface area (Å²) in [6.45, 7) is -0.250. The smallest absolute Gasteiger partial charge is 0.0662 e. The van der Waals surface area contributed by atoms with Gasteiger partial charge in [-0.05, 0) is 0 Å². The van der Waals surface area contributed by atoms with Gasteiger partial charge < -0.3 is 10.2 Å². The first-order valence-corrected chi connectivity index (χ1v) is 1.13. The Morgan fingerprint density at radius 2 is 1.20 bits per heavy atom. The molecular weight excluding hydrogens is 129 g/mol. The number of aliphatic hydroxyl groups is 2. The molecule has 0 saturated heterocycles. The minimum atomic E-state index is -0.125. The molecule has 0 spiro atoms. The molecule has 0 aromatic heterocycles. The molecule has 0 amide bonds. The fraction of sp³-hybridized carbons (Fsp3) is 1.00. The molecule has 0 aromatic rings. The van der Waals surface area contributed by atoms with E-state index in [9.17, 15) is 0 Å². The molecule has 0 fully saturated rings. The standard InChI is InChI=1S/C2H6O2.Ge/c3-1-2-4;/h3-4H,1-2H2;. The third-order valence-electron chi connectivity index (χ3n) is 0.1000. The van der Waals surface area contributed by atoms with Crippen LogP contribution in [-0.2, 0) is 0 Å². The van der Waals surface area contributed by atoms with Gasteiger partial charge in [-0.15, -0.1) is 0 Å². The van der Waals surface area contributed by atoms with E-state index in [1.807, 2.05) is 0 Å². The fourth-order valence-electron chi connectivity index (χ4n) is 0. The van der Waals surface area contributed by atoms with E-state index in [0.717, 1.165) is 0 Å². The summed E-state index contributed by atoms with van der Waals surface area (Å²) in [4.78, 5) is 0. The monoisotopic (exact) mass is 136 g/mol. The molecule has 5 heavy (non-hydrogen) atoms. The third-order valence-corrected chi connectivity index (χ3v) is 0.1000. The Morgan fingerprint density at radius 1 is 1.00 bits per heavy atom. The van der Waals surface area contributed by atoms with Gasteiger partial charge in [-0.25, -0.2) is 0 Å². The van der Waals surface area contributed by atoms with Crippen LogP contribution in [0.5, 0.6) is 0 Å². The third kappa shape index (κ3) is 12.6. The predicted molar refractivity (Wildman–Crippen MR) is 19.9 cm³/mol. The van der Waals surface area contributed by atoms with Crippen molar-refractivity contribution in [3.05, 3.63) is 0 Å². The van der Waals surface area contributed by atoms with E-state index in [4.69, 9.17) is 10.2 Å². The zero-order valence-corrected chi connectivity index (χ0v) is 4.91. The summed E-state index contributed by atoms with van der Waals surface area (Å²) < 4.78 is 0. The summed E-state index contributed by atoms with van der Waals surface area (Å²) in [5.41, 5.74) is 0. The van der Waals surface area contributed by atoms with Crippen LogP contribution in [0.25, 0.3) is 0 Å². The van der Waals surface area contributed by atoms with Crippen LogP contribution in [0.3, 0.4) is 0 Å². The van der Waals surface area contributed by atoms with Gasteiger partial charge in [-0.1, -0.05) is 0 Å². The maximum Gasteiger partial charge on any atom is 0.0662 e. The second-order valence-corrected chi connectivity index (χ2v) is 0.447. The molecule has 4 radical (unpaired) electrons. The van der Waals surface area contributed by atoms with Crippen LogP contribution in [-0.4, -0.2) is 41.0 Å². The van der Waals surface area contributed by atoms with Gasteiger partial charge in [0.15, 0.2) is 0 Å². The molecule has 30 valence electrons. The second-order valence-electron chi connectivity index (χ2n) is 0.447. The zero-order valence-electron chi connectivity index (χ0n) is 2.81. The Balaban J connectivity index is 0. The number of hydrogen-bond acceptors (Lipinski definition) is 2. The van der Waals surface area contributed by atoms with E-state index >= 15 is 0 Å². The molecule has 2 N–H and O–H groups in total. The molecule has 0 rings (SSSR count). The van der Waals surface area contributed by atoms with Gasteiger partial charge in [-0.3, -0.25) is 0 Å². The Bertz CT molecular complexity index is 9.61. The van der Waals surface area contributed by atoms with Crippen LogP contribution in [0.15, 0.2) is 0 Å². The molecule has 0 aliphatic carbocycles. The van der Waals surface area contributed by atoms with E-state index in [1.54, 1.807) is 0 Å². The Morgan fingerprint density at radius 3 is 1.20 bits per heavy atom. The molecule has 0 aliphatic heterocycles. The molecule has 0 heterocycles. The molecule has 0 bridgehead atoms. The quantitative estimate of drug-likeness (QED) is 0.433. The Labute approximate surface area is 41.8 Å². The summed E-state index contributed by atoms with van der Waals surface area (Å²) in [5.74, 6) is 0. The maximum atomic E-state index is 7.62. The second kappa shape index (κ2) is 8.82. The van der Waals surface area contributed by atoms with Gasteiger partial charge in [0, 0.05) is 17.6 Å². The number of aliphatic hydroxyl groups excluding tert-OH is 2. The van der Waals surface area contributed by atoms with Gasteiger partial charge in [0.1, 0.15) is 0 Å². The van der Waals surface area contributed by atoms with Crippen molar-refractivity contribution in [2.75, 3.05) is 13.2 Å². The average molecular weight is 135 g/mol.